The van der Waals surface area contributed by atoms with Gasteiger partial charge in [0.05, 0.1) is 12.6 Å². The average Bonchev–Trinajstić information content (AvgIpc) is 2.68. The zero-order valence-electron chi connectivity index (χ0n) is 8.47. The third kappa shape index (κ3) is 4.39. The first kappa shape index (κ1) is 12.6. The lowest BCUT2D eigenvalue weighted by Gasteiger charge is -2.09. The van der Waals surface area contributed by atoms with E-state index in [4.69, 9.17) is 5.73 Å². The van der Waals surface area contributed by atoms with E-state index in [0.29, 0.717) is 0 Å². The number of imide groups is 1. The number of carbonyl (C=O) groups excluding carboxylic acids is 2. The molecule has 1 aromatic heterocycles. The van der Waals surface area contributed by atoms with Crippen molar-refractivity contribution >= 4 is 23.3 Å². The molecule has 0 aliphatic heterocycles. The molecular formula is C9H13N3O3S. The summed E-state index contributed by atoms with van der Waals surface area (Å²) in [6, 6.07) is 0.922. The molecule has 0 aliphatic rings. The van der Waals surface area contributed by atoms with Crippen molar-refractivity contribution in [3.8, 4) is 0 Å². The molecule has 0 saturated carbocycles. The third-order valence-corrected chi connectivity index (χ3v) is 2.52. The van der Waals surface area contributed by atoms with Crippen LogP contribution in [-0.4, -0.2) is 30.1 Å². The Morgan fingerprint density at radius 2 is 2.31 bits per heavy atom. The molecule has 0 bridgehead atoms. The van der Waals surface area contributed by atoms with Crippen LogP contribution in [0.3, 0.4) is 0 Å². The highest BCUT2D eigenvalue weighted by Crippen LogP contribution is 2.14. The maximum absolute atomic E-state index is 11.0. The lowest BCUT2D eigenvalue weighted by atomic mass is 10.2. The number of hydrogen-bond donors (Lipinski definition) is 4. The standard InChI is InChI=1S/C9H13N3O3S/c10-9(15)12-8(14)4-11-3-7(13)6-1-2-16-5-6/h1-2,5,7,11,13H,3-4H2,(H3,10,12,14,15). The first-order chi connectivity index (χ1) is 7.59. The predicted molar refractivity (Wildman–Crippen MR) is 59.9 cm³/mol. The quantitative estimate of drug-likeness (QED) is 0.563. The number of rotatable bonds is 5. The van der Waals surface area contributed by atoms with Gasteiger partial charge < -0.3 is 16.2 Å². The molecule has 7 heteroatoms. The Balaban J connectivity index is 2.20. The van der Waals surface area contributed by atoms with Gasteiger partial charge in [-0.15, -0.1) is 0 Å². The molecule has 1 atom stereocenters. The van der Waals surface area contributed by atoms with E-state index in [1.165, 1.54) is 11.3 Å². The number of aliphatic hydroxyl groups is 1. The largest absolute Gasteiger partial charge is 0.387 e. The summed E-state index contributed by atoms with van der Waals surface area (Å²) < 4.78 is 0. The summed E-state index contributed by atoms with van der Waals surface area (Å²) in [6.07, 6.45) is -0.660. The smallest absolute Gasteiger partial charge is 0.318 e. The van der Waals surface area contributed by atoms with E-state index in [1.54, 1.807) is 6.07 Å². The number of nitrogens with two attached hydrogens (primary N) is 1. The van der Waals surface area contributed by atoms with Crippen LogP contribution in [0.5, 0.6) is 0 Å². The van der Waals surface area contributed by atoms with Crippen LogP contribution in [0.25, 0.3) is 0 Å². The van der Waals surface area contributed by atoms with Crippen LogP contribution in [0, 0.1) is 0 Å². The van der Waals surface area contributed by atoms with Gasteiger partial charge in [-0.2, -0.15) is 11.3 Å². The maximum Gasteiger partial charge on any atom is 0.318 e. The summed E-state index contributed by atoms with van der Waals surface area (Å²) in [5, 5.41) is 17.9. The monoisotopic (exact) mass is 243 g/mol. The van der Waals surface area contributed by atoms with Crippen LogP contribution >= 0.6 is 11.3 Å². The van der Waals surface area contributed by atoms with E-state index < -0.39 is 18.0 Å². The lowest BCUT2D eigenvalue weighted by Crippen LogP contribution is -2.41. The fourth-order valence-corrected chi connectivity index (χ4v) is 1.79. The Kier molecular flexibility index (Phi) is 4.90. The maximum atomic E-state index is 11.0. The van der Waals surface area contributed by atoms with Crippen molar-refractivity contribution in [1.29, 1.82) is 0 Å². The fourth-order valence-electron chi connectivity index (χ4n) is 1.09. The average molecular weight is 243 g/mol. The van der Waals surface area contributed by atoms with E-state index in [1.807, 2.05) is 16.1 Å². The Bertz CT molecular complexity index is 353. The summed E-state index contributed by atoms with van der Waals surface area (Å²) in [4.78, 5) is 21.3. The van der Waals surface area contributed by atoms with Crippen molar-refractivity contribution in [2.45, 2.75) is 6.10 Å². The molecule has 6 nitrogen and oxygen atoms in total. The van der Waals surface area contributed by atoms with E-state index in [-0.39, 0.29) is 13.1 Å². The second kappa shape index (κ2) is 6.21. The van der Waals surface area contributed by atoms with Gasteiger partial charge in [0, 0.05) is 6.54 Å². The number of urea groups is 1. The van der Waals surface area contributed by atoms with Gasteiger partial charge in [-0.25, -0.2) is 4.79 Å². The Morgan fingerprint density at radius 1 is 1.56 bits per heavy atom. The van der Waals surface area contributed by atoms with Crippen LogP contribution in [0.4, 0.5) is 4.79 Å². The SMILES string of the molecule is NC(=O)NC(=O)CNCC(O)c1ccsc1. The number of primary amides is 1. The molecular weight excluding hydrogens is 230 g/mol. The van der Waals surface area contributed by atoms with E-state index in [0.717, 1.165) is 5.56 Å². The highest BCUT2D eigenvalue weighted by molar-refractivity contribution is 7.07. The first-order valence-corrected chi connectivity index (χ1v) is 5.54. The molecule has 0 aromatic carbocycles. The topological polar surface area (TPSA) is 104 Å². The molecule has 0 spiro atoms. The molecule has 16 heavy (non-hydrogen) atoms. The van der Waals surface area contributed by atoms with Crippen LogP contribution in [-0.2, 0) is 4.79 Å². The van der Waals surface area contributed by atoms with Gasteiger partial charge in [0.15, 0.2) is 0 Å². The van der Waals surface area contributed by atoms with Gasteiger partial charge in [0.2, 0.25) is 5.91 Å². The first-order valence-electron chi connectivity index (χ1n) is 4.59. The minimum absolute atomic E-state index is 0.0653. The van der Waals surface area contributed by atoms with Crippen LogP contribution in [0.1, 0.15) is 11.7 Å². The van der Waals surface area contributed by atoms with Gasteiger partial charge in [0.25, 0.3) is 0 Å². The van der Waals surface area contributed by atoms with Crippen molar-refractivity contribution < 1.29 is 14.7 Å². The predicted octanol–water partition coefficient (Wildman–Crippen LogP) is -0.434. The van der Waals surface area contributed by atoms with E-state index >= 15 is 0 Å². The van der Waals surface area contributed by atoms with Gasteiger partial charge in [-0.05, 0) is 22.4 Å². The number of nitrogens with one attached hydrogen (secondary N) is 2. The van der Waals surface area contributed by atoms with Crippen molar-refractivity contribution in [1.82, 2.24) is 10.6 Å². The van der Waals surface area contributed by atoms with Gasteiger partial charge in [-0.1, -0.05) is 0 Å². The van der Waals surface area contributed by atoms with Crippen LogP contribution < -0.4 is 16.4 Å². The van der Waals surface area contributed by atoms with Crippen molar-refractivity contribution in [2.24, 2.45) is 5.73 Å². The minimum atomic E-state index is -0.884. The van der Waals surface area contributed by atoms with Crippen molar-refractivity contribution in [3.63, 3.8) is 0 Å². The molecule has 5 N–H and O–H groups in total. The second-order valence-corrected chi connectivity index (χ2v) is 3.90. The van der Waals surface area contributed by atoms with Crippen LogP contribution in [0.2, 0.25) is 0 Å². The normalized spacial score (nSPS) is 12.1. The highest BCUT2D eigenvalue weighted by Gasteiger charge is 2.08. The summed E-state index contributed by atoms with van der Waals surface area (Å²) in [5.74, 6) is -0.523. The zero-order valence-corrected chi connectivity index (χ0v) is 9.29. The Labute approximate surface area is 96.5 Å². The van der Waals surface area contributed by atoms with E-state index in [9.17, 15) is 14.7 Å². The van der Waals surface area contributed by atoms with E-state index in [2.05, 4.69) is 5.32 Å². The van der Waals surface area contributed by atoms with Crippen molar-refractivity contribution in [3.05, 3.63) is 22.4 Å². The van der Waals surface area contributed by atoms with Crippen LogP contribution in [0.15, 0.2) is 16.8 Å². The lowest BCUT2D eigenvalue weighted by molar-refractivity contribution is -0.119. The summed E-state index contributed by atoms with van der Waals surface area (Å²) >= 11 is 1.49. The molecule has 1 aromatic rings. The number of amides is 3. The third-order valence-electron chi connectivity index (χ3n) is 1.81. The number of carbonyl (C=O) groups is 2. The number of thiophene rings is 1. The van der Waals surface area contributed by atoms with Gasteiger partial charge in [-0.3, -0.25) is 10.1 Å². The highest BCUT2D eigenvalue weighted by atomic mass is 32.1. The molecule has 1 unspecified atom stereocenters. The molecule has 88 valence electrons. The molecule has 0 aliphatic carbocycles. The zero-order chi connectivity index (χ0) is 12.0. The summed E-state index contributed by atoms with van der Waals surface area (Å²) in [7, 11) is 0. The fraction of sp³-hybridized carbons (Fsp3) is 0.333. The van der Waals surface area contributed by atoms with Crippen molar-refractivity contribution in [2.75, 3.05) is 13.1 Å². The second-order valence-electron chi connectivity index (χ2n) is 3.12. The number of hydrogen-bond acceptors (Lipinski definition) is 5. The summed E-state index contributed by atoms with van der Waals surface area (Å²) in [5.41, 5.74) is 5.55. The summed E-state index contributed by atoms with van der Waals surface area (Å²) in [6.45, 7) is 0.174. The Hall–Kier alpha value is -1.44. The molecule has 1 heterocycles. The van der Waals surface area contributed by atoms with Gasteiger partial charge in [0.1, 0.15) is 0 Å². The number of aliphatic hydroxyl groups excluding tert-OH is 1. The Morgan fingerprint density at radius 3 is 2.88 bits per heavy atom. The van der Waals surface area contributed by atoms with Gasteiger partial charge >= 0.3 is 6.03 Å². The minimum Gasteiger partial charge on any atom is -0.387 e. The molecule has 1 rings (SSSR count). The molecule has 0 saturated heterocycles. The molecule has 0 radical (unpaired) electrons. The molecule has 3 amide bonds. The molecule has 0 fully saturated rings.